The van der Waals surface area contributed by atoms with Crippen LogP contribution in [0.1, 0.15) is 40.0 Å². The van der Waals surface area contributed by atoms with Crippen LogP contribution in [0.4, 0.5) is 0 Å². The first-order valence-electron chi connectivity index (χ1n) is 6.03. The van der Waals surface area contributed by atoms with Gasteiger partial charge in [-0.05, 0) is 25.7 Å². The van der Waals surface area contributed by atoms with Crippen LogP contribution < -0.4 is 5.73 Å². The van der Waals surface area contributed by atoms with E-state index in [4.69, 9.17) is 15.2 Å². The summed E-state index contributed by atoms with van der Waals surface area (Å²) in [6.45, 7) is 7.08. The average molecular weight is 229 g/mol. The largest absolute Gasteiger partial charge is 0.466 e. The highest BCUT2D eigenvalue weighted by Crippen LogP contribution is 2.29. The molecule has 0 amide bonds. The van der Waals surface area contributed by atoms with Crippen molar-refractivity contribution in [2.75, 3.05) is 13.2 Å². The molecule has 1 aliphatic rings. The fourth-order valence-electron chi connectivity index (χ4n) is 2.06. The zero-order valence-corrected chi connectivity index (χ0v) is 10.5. The molecule has 1 rings (SSSR count). The number of ether oxygens (including phenoxy) is 2. The molecule has 4 heteroatoms. The summed E-state index contributed by atoms with van der Waals surface area (Å²) in [5.41, 5.74) is 5.79. The zero-order chi connectivity index (χ0) is 12.2. The third-order valence-electron chi connectivity index (χ3n) is 3.08. The van der Waals surface area contributed by atoms with Crippen LogP contribution in [0.5, 0.6) is 0 Å². The molecule has 0 saturated carbocycles. The van der Waals surface area contributed by atoms with Gasteiger partial charge < -0.3 is 15.2 Å². The first kappa shape index (κ1) is 13.5. The molecule has 2 atom stereocenters. The molecule has 94 valence electrons. The van der Waals surface area contributed by atoms with E-state index in [1.165, 1.54) is 0 Å². The minimum atomic E-state index is -0.445. The second kappa shape index (κ2) is 5.64. The summed E-state index contributed by atoms with van der Waals surface area (Å²) in [4.78, 5) is 11.4. The predicted octanol–water partition coefficient (Wildman–Crippen LogP) is 1.47. The van der Waals surface area contributed by atoms with Crippen LogP contribution in [0.2, 0.25) is 0 Å². The van der Waals surface area contributed by atoms with E-state index in [0.29, 0.717) is 25.6 Å². The van der Waals surface area contributed by atoms with Gasteiger partial charge in [-0.25, -0.2) is 0 Å². The average Bonchev–Trinajstić information content (AvgIpc) is 2.16. The fourth-order valence-corrected chi connectivity index (χ4v) is 2.06. The summed E-state index contributed by atoms with van der Waals surface area (Å²) in [6.07, 6.45) is 1.93. The van der Waals surface area contributed by atoms with Crippen molar-refractivity contribution in [2.24, 2.45) is 11.7 Å². The Kier molecular flexibility index (Phi) is 4.74. The van der Waals surface area contributed by atoms with Crippen LogP contribution in [0.3, 0.4) is 0 Å². The lowest BCUT2D eigenvalue weighted by molar-refractivity contribution is -0.146. The molecule has 2 unspecified atom stereocenters. The van der Waals surface area contributed by atoms with Crippen LogP contribution >= 0.6 is 0 Å². The highest BCUT2D eigenvalue weighted by atomic mass is 16.5. The highest BCUT2D eigenvalue weighted by molar-refractivity contribution is 5.70. The van der Waals surface area contributed by atoms with Crippen molar-refractivity contribution in [3.8, 4) is 0 Å². The van der Waals surface area contributed by atoms with Crippen molar-refractivity contribution in [3.05, 3.63) is 0 Å². The van der Waals surface area contributed by atoms with Crippen LogP contribution in [-0.2, 0) is 14.3 Å². The van der Waals surface area contributed by atoms with E-state index in [2.05, 4.69) is 13.8 Å². The molecule has 1 heterocycles. The van der Waals surface area contributed by atoms with Gasteiger partial charge in [-0.15, -0.1) is 0 Å². The first-order valence-corrected chi connectivity index (χ1v) is 6.03. The van der Waals surface area contributed by atoms with Crippen molar-refractivity contribution in [1.29, 1.82) is 0 Å². The van der Waals surface area contributed by atoms with Crippen molar-refractivity contribution in [3.63, 3.8) is 0 Å². The summed E-state index contributed by atoms with van der Waals surface area (Å²) in [5.74, 6) is 0.236. The number of hydrogen-bond acceptors (Lipinski definition) is 4. The van der Waals surface area contributed by atoms with E-state index in [0.717, 1.165) is 12.8 Å². The smallest absolute Gasteiger partial charge is 0.307 e. The van der Waals surface area contributed by atoms with Crippen molar-refractivity contribution in [1.82, 2.24) is 0 Å². The summed E-state index contributed by atoms with van der Waals surface area (Å²) < 4.78 is 10.6. The summed E-state index contributed by atoms with van der Waals surface area (Å²) in [5, 5.41) is 0. The molecule has 1 fully saturated rings. The maximum atomic E-state index is 11.4. The van der Waals surface area contributed by atoms with Crippen LogP contribution in [0, 0.1) is 5.92 Å². The second-order valence-corrected chi connectivity index (χ2v) is 4.95. The first-order chi connectivity index (χ1) is 7.47. The Labute approximate surface area is 97.5 Å². The number of carbonyl (C=O) groups excluding carboxylic acids is 1. The minimum Gasteiger partial charge on any atom is -0.466 e. The van der Waals surface area contributed by atoms with Gasteiger partial charge in [0.15, 0.2) is 0 Å². The lowest BCUT2D eigenvalue weighted by atomic mass is 9.82. The molecule has 16 heavy (non-hydrogen) atoms. The molecule has 2 N–H and O–H groups in total. The highest BCUT2D eigenvalue weighted by Gasteiger charge is 2.36. The van der Waals surface area contributed by atoms with Crippen molar-refractivity contribution >= 4 is 5.97 Å². The van der Waals surface area contributed by atoms with Crippen LogP contribution in [0.15, 0.2) is 0 Å². The van der Waals surface area contributed by atoms with E-state index >= 15 is 0 Å². The summed E-state index contributed by atoms with van der Waals surface area (Å²) >= 11 is 0. The molecule has 4 nitrogen and oxygen atoms in total. The molecule has 1 aliphatic heterocycles. The SMILES string of the molecule is CCOC(=O)CC1(N)CCOC(C(C)C)C1. The van der Waals surface area contributed by atoms with Gasteiger partial charge >= 0.3 is 5.97 Å². The molecule has 0 aliphatic carbocycles. The van der Waals surface area contributed by atoms with E-state index in [1.807, 2.05) is 6.92 Å². The van der Waals surface area contributed by atoms with Gasteiger partial charge in [-0.3, -0.25) is 4.79 Å². The molecule has 0 spiro atoms. The van der Waals surface area contributed by atoms with Crippen LogP contribution in [-0.4, -0.2) is 30.8 Å². The fraction of sp³-hybridized carbons (Fsp3) is 0.917. The van der Waals surface area contributed by atoms with Gasteiger partial charge in [0.25, 0.3) is 0 Å². The zero-order valence-electron chi connectivity index (χ0n) is 10.5. The summed E-state index contributed by atoms with van der Waals surface area (Å²) in [7, 11) is 0. The van der Waals surface area contributed by atoms with Gasteiger partial charge in [0.2, 0.25) is 0 Å². The Morgan fingerprint density at radius 3 is 2.88 bits per heavy atom. The molecular formula is C12H23NO3. The molecule has 0 aromatic heterocycles. The lowest BCUT2D eigenvalue weighted by Gasteiger charge is -2.39. The Balaban J connectivity index is 2.52. The van der Waals surface area contributed by atoms with Gasteiger partial charge in [-0.2, -0.15) is 0 Å². The Morgan fingerprint density at radius 1 is 1.62 bits per heavy atom. The third-order valence-corrected chi connectivity index (χ3v) is 3.08. The Bertz CT molecular complexity index is 242. The molecule has 0 aromatic carbocycles. The van der Waals surface area contributed by atoms with Gasteiger partial charge in [0.1, 0.15) is 0 Å². The lowest BCUT2D eigenvalue weighted by Crippen LogP contribution is -2.51. The molecule has 0 aromatic rings. The number of rotatable bonds is 4. The van der Waals surface area contributed by atoms with E-state index in [1.54, 1.807) is 0 Å². The Morgan fingerprint density at radius 2 is 2.31 bits per heavy atom. The topological polar surface area (TPSA) is 61.5 Å². The Hall–Kier alpha value is -0.610. The van der Waals surface area contributed by atoms with E-state index in [-0.39, 0.29) is 12.1 Å². The molecule has 0 radical (unpaired) electrons. The van der Waals surface area contributed by atoms with Crippen molar-refractivity contribution < 1.29 is 14.3 Å². The monoisotopic (exact) mass is 229 g/mol. The van der Waals surface area contributed by atoms with Crippen LogP contribution in [0.25, 0.3) is 0 Å². The van der Waals surface area contributed by atoms with Gasteiger partial charge in [-0.1, -0.05) is 13.8 Å². The maximum absolute atomic E-state index is 11.4. The number of nitrogens with two attached hydrogens (primary N) is 1. The normalized spacial score (nSPS) is 30.4. The summed E-state index contributed by atoms with van der Waals surface area (Å²) in [6, 6.07) is 0. The number of hydrogen-bond donors (Lipinski definition) is 1. The second-order valence-electron chi connectivity index (χ2n) is 4.95. The van der Waals surface area contributed by atoms with Crippen molar-refractivity contribution in [2.45, 2.75) is 51.7 Å². The number of carbonyl (C=O) groups is 1. The molecular weight excluding hydrogens is 206 g/mol. The van der Waals surface area contributed by atoms with Gasteiger partial charge in [0, 0.05) is 12.1 Å². The maximum Gasteiger partial charge on any atom is 0.307 e. The molecule has 0 bridgehead atoms. The van der Waals surface area contributed by atoms with Gasteiger partial charge in [0.05, 0.1) is 19.1 Å². The standard InChI is InChI=1S/C12H23NO3/c1-4-15-11(14)8-12(13)5-6-16-10(7-12)9(2)3/h9-10H,4-8,13H2,1-3H3. The molecule has 1 saturated heterocycles. The third kappa shape index (κ3) is 3.76. The number of esters is 1. The predicted molar refractivity (Wildman–Crippen MR) is 62.0 cm³/mol. The van der Waals surface area contributed by atoms with E-state index in [9.17, 15) is 4.79 Å². The minimum absolute atomic E-state index is 0.160. The quantitative estimate of drug-likeness (QED) is 0.742. The van der Waals surface area contributed by atoms with E-state index < -0.39 is 5.54 Å².